The quantitative estimate of drug-likeness (QED) is 0.865. The number of carbonyl (C=O) groups excluding carboxylic acids is 1. The van der Waals surface area contributed by atoms with E-state index in [2.05, 4.69) is 11.4 Å². The molecule has 0 aliphatic carbocycles. The Morgan fingerprint density at radius 3 is 2.90 bits per heavy atom. The molecule has 1 N–H and O–H groups in total. The van der Waals surface area contributed by atoms with E-state index in [9.17, 15) is 4.79 Å². The monoisotopic (exact) mass is 290 g/mol. The van der Waals surface area contributed by atoms with Crippen LogP contribution in [0.25, 0.3) is 0 Å². The second-order valence-electron chi connectivity index (χ2n) is 4.79. The Morgan fingerprint density at radius 2 is 2.25 bits per heavy atom. The first-order valence-electron chi connectivity index (χ1n) is 6.68. The van der Waals surface area contributed by atoms with Gasteiger partial charge < -0.3 is 10.1 Å². The molecule has 1 saturated heterocycles. The molecule has 1 aliphatic heterocycles. The fourth-order valence-electron chi connectivity index (χ4n) is 2.24. The van der Waals surface area contributed by atoms with Gasteiger partial charge in [-0.25, -0.2) is 0 Å². The molecule has 0 radical (unpaired) electrons. The van der Waals surface area contributed by atoms with Crippen LogP contribution in [0.15, 0.2) is 23.1 Å². The summed E-state index contributed by atoms with van der Waals surface area (Å²) in [7, 11) is 0. The van der Waals surface area contributed by atoms with Crippen molar-refractivity contribution >= 4 is 17.7 Å². The highest BCUT2D eigenvalue weighted by Crippen LogP contribution is 2.22. The van der Waals surface area contributed by atoms with E-state index >= 15 is 0 Å². The van der Waals surface area contributed by atoms with Gasteiger partial charge in [0.05, 0.1) is 17.2 Å². The minimum Gasteiger partial charge on any atom is -0.381 e. The normalized spacial score (nSPS) is 15.6. The number of amides is 1. The summed E-state index contributed by atoms with van der Waals surface area (Å²) < 4.78 is 5.31. The summed E-state index contributed by atoms with van der Waals surface area (Å²) in [5, 5.41) is 11.9. The van der Waals surface area contributed by atoms with Crippen molar-refractivity contribution in [3.8, 4) is 6.07 Å². The van der Waals surface area contributed by atoms with E-state index in [4.69, 9.17) is 10.00 Å². The van der Waals surface area contributed by atoms with Gasteiger partial charge in [-0.2, -0.15) is 5.26 Å². The Morgan fingerprint density at radius 1 is 1.50 bits per heavy atom. The summed E-state index contributed by atoms with van der Waals surface area (Å²) >= 11 is 1.51. The van der Waals surface area contributed by atoms with E-state index in [0.29, 0.717) is 23.6 Å². The van der Waals surface area contributed by atoms with Crippen molar-refractivity contribution in [3.63, 3.8) is 0 Å². The van der Waals surface area contributed by atoms with Crippen molar-refractivity contribution in [2.75, 3.05) is 26.0 Å². The van der Waals surface area contributed by atoms with E-state index in [1.54, 1.807) is 12.1 Å². The van der Waals surface area contributed by atoms with Gasteiger partial charge in [0, 0.05) is 24.7 Å². The highest BCUT2D eigenvalue weighted by molar-refractivity contribution is 7.98. The van der Waals surface area contributed by atoms with Gasteiger partial charge in [0.25, 0.3) is 5.91 Å². The van der Waals surface area contributed by atoms with Crippen molar-refractivity contribution in [2.45, 2.75) is 17.7 Å². The van der Waals surface area contributed by atoms with Crippen LogP contribution in [0.1, 0.15) is 28.8 Å². The lowest BCUT2D eigenvalue weighted by molar-refractivity contribution is 0.0642. The highest BCUT2D eigenvalue weighted by Gasteiger charge is 2.17. The topological polar surface area (TPSA) is 62.1 Å². The van der Waals surface area contributed by atoms with Gasteiger partial charge in [-0.1, -0.05) is 0 Å². The zero-order valence-corrected chi connectivity index (χ0v) is 12.3. The van der Waals surface area contributed by atoms with Crippen LogP contribution in [-0.2, 0) is 4.74 Å². The molecule has 1 aromatic rings. The number of nitriles is 1. The van der Waals surface area contributed by atoms with Gasteiger partial charge in [0.15, 0.2) is 0 Å². The van der Waals surface area contributed by atoms with E-state index in [1.165, 1.54) is 11.8 Å². The fraction of sp³-hybridized carbons (Fsp3) is 0.467. The van der Waals surface area contributed by atoms with Gasteiger partial charge >= 0.3 is 0 Å². The van der Waals surface area contributed by atoms with Crippen molar-refractivity contribution < 1.29 is 9.53 Å². The maximum atomic E-state index is 12.3. The number of carbonyl (C=O) groups is 1. The molecule has 106 valence electrons. The summed E-state index contributed by atoms with van der Waals surface area (Å²) in [5.74, 6) is 0.391. The number of nitrogens with zero attached hydrogens (tertiary/aromatic N) is 1. The van der Waals surface area contributed by atoms with E-state index < -0.39 is 0 Å². The standard InChI is InChI=1S/C15H18N2O2S/c1-20-14-3-2-12(9-16)8-13(14)15(18)17-10-11-4-6-19-7-5-11/h2-3,8,11H,4-7,10H2,1H3,(H,17,18). The summed E-state index contributed by atoms with van der Waals surface area (Å²) in [6.07, 6.45) is 3.92. The molecule has 1 heterocycles. The van der Waals surface area contributed by atoms with Crippen LogP contribution in [0.4, 0.5) is 0 Å². The number of benzene rings is 1. The average Bonchev–Trinajstić information content (AvgIpc) is 2.52. The Balaban J connectivity index is 2.02. The number of nitrogens with one attached hydrogen (secondary N) is 1. The van der Waals surface area contributed by atoms with Gasteiger partial charge in [0.1, 0.15) is 0 Å². The lowest BCUT2D eigenvalue weighted by Gasteiger charge is -2.22. The Hall–Kier alpha value is -1.51. The summed E-state index contributed by atoms with van der Waals surface area (Å²) in [5.41, 5.74) is 1.10. The van der Waals surface area contributed by atoms with Crippen LogP contribution in [0.2, 0.25) is 0 Å². The van der Waals surface area contributed by atoms with Crippen molar-refractivity contribution in [1.82, 2.24) is 5.32 Å². The minimum absolute atomic E-state index is 0.0991. The van der Waals surface area contributed by atoms with Crippen LogP contribution in [0.3, 0.4) is 0 Å². The van der Waals surface area contributed by atoms with E-state index in [-0.39, 0.29) is 5.91 Å². The molecule has 1 amide bonds. The highest BCUT2D eigenvalue weighted by atomic mass is 32.2. The molecule has 20 heavy (non-hydrogen) atoms. The van der Waals surface area contributed by atoms with Crippen LogP contribution in [0.5, 0.6) is 0 Å². The predicted molar refractivity (Wildman–Crippen MR) is 78.8 cm³/mol. The number of hydrogen-bond donors (Lipinski definition) is 1. The maximum absolute atomic E-state index is 12.3. The van der Waals surface area contributed by atoms with Crippen LogP contribution < -0.4 is 5.32 Å². The lowest BCUT2D eigenvalue weighted by atomic mass is 10.0. The SMILES string of the molecule is CSc1ccc(C#N)cc1C(=O)NCC1CCOCC1. The van der Waals surface area contributed by atoms with Gasteiger partial charge in [0.2, 0.25) is 0 Å². The van der Waals surface area contributed by atoms with Crippen LogP contribution in [-0.4, -0.2) is 31.9 Å². The zero-order chi connectivity index (χ0) is 14.4. The third-order valence-corrected chi connectivity index (χ3v) is 4.26. The van der Waals surface area contributed by atoms with Crippen LogP contribution in [0, 0.1) is 17.2 Å². The minimum atomic E-state index is -0.0991. The smallest absolute Gasteiger partial charge is 0.252 e. The molecule has 0 spiro atoms. The van der Waals surface area contributed by atoms with Gasteiger partial charge in [-0.15, -0.1) is 11.8 Å². The molecule has 1 fully saturated rings. The first kappa shape index (κ1) is 14.9. The van der Waals surface area contributed by atoms with Crippen molar-refractivity contribution in [1.29, 1.82) is 5.26 Å². The second-order valence-corrected chi connectivity index (χ2v) is 5.64. The summed E-state index contributed by atoms with van der Waals surface area (Å²) in [6.45, 7) is 2.23. The van der Waals surface area contributed by atoms with Crippen LogP contribution >= 0.6 is 11.8 Å². The molecule has 4 nitrogen and oxygen atoms in total. The third kappa shape index (κ3) is 3.75. The Bertz CT molecular complexity index is 519. The first-order valence-corrected chi connectivity index (χ1v) is 7.91. The molecular formula is C15H18N2O2S. The molecule has 0 aromatic heterocycles. The number of rotatable bonds is 4. The fourth-order valence-corrected chi connectivity index (χ4v) is 2.81. The molecule has 2 rings (SSSR count). The molecule has 5 heteroatoms. The summed E-state index contributed by atoms with van der Waals surface area (Å²) in [4.78, 5) is 13.2. The Labute approximate surface area is 123 Å². The van der Waals surface area contributed by atoms with Gasteiger partial charge in [-0.3, -0.25) is 4.79 Å². The molecular weight excluding hydrogens is 272 g/mol. The zero-order valence-electron chi connectivity index (χ0n) is 11.5. The molecule has 1 aliphatic rings. The van der Waals surface area contributed by atoms with Crippen molar-refractivity contribution in [3.05, 3.63) is 29.3 Å². The first-order chi connectivity index (χ1) is 9.74. The summed E-state index contributed by atoms with van der Waals surface area (Å²) in [6, 6.07) is 7.29. The van der Waals surface area contributed by atoms with Gasteiger partial charge in [-0.05, 0) is 43.2 Å². The molecule has 1 aromatic carbocycles. The molecule has 0 bridgehead atoms. The second kappa shape index (κ2) is 7.32. The molecule has 0 atom stereocenters. The average molecular weight is 290 g/mol. The number of ether oxygens (including phenoxy) is 1. The third-order valence-electron chi connectivity index (χ3n) is 3.47. The largest absolute Gasteiger partial charge is 0.381 e. The molecule has 0 unspecified atom stereocenters. The maximum Gasteiger partial charge on any atom is 0.252 e. The number of thioether (sulfide) groups is 1. The van der Waals surface area contributed by atoms with E-state index in [1.807, 2.05) is 12.3 Å². The molecule has 0 saturated carbocycles. The van der Waals surface area contributed by atoms with E-state index in [0.717, 1.165) is 31.0 Å². The predicted octanol–water partition coefficient (Wildman–Crippen LogP) is 2.44. The number of hydrogen-bond acceptors (Lipinski definition) is 4. The Kier molecular flexibility index (Phi) is 5.45. The van der Waals surface area contributed by atoms with Crippen molar-refractivity contribution in [2.24, 2.45) is 5.92 Å². The lowest BCUT2D eigenvalue weighted by Crippen LogP contribution is -2.32.